The maximum absolute atomic E-state index is 12.4. The molecule has 0 aliphatic rings. The van der Waals surface area contributed by atoms with Crippen molar-refractivity contribution in [1.29, 1.82) is 0 Å². The molecule has 0 radical (unpaired) electrons. The molecule has 22 heavy (non-hydrogen) atoms. The molecule has 0 atom stereocenters. The number of nitro benzene ring substituents is 1. The number of carbonyl (C=O) groups excluding carboxylic acids is 1. The van der Waals surface area contributed by atoms with Crippen molar-refractivity contribution in [2.75, 3.05) is 0 Å². The normalized spacial score (nSPS) is 10.7. The van der Waals surface area contributed by atoms with Crippen LogP contribution in [0.25, 0.3) is 0 Å². The molecule has 2 N–H and O–H groups in total. The van der Waals surface area contributed by atoms with Gasteiger partial charge in [0.25, 0.3) is 11.6 Å². The first-order chi connectivity index (χ1) is 10.5. The number of hydrogen-bond donors (Lipinski definition) is 2. The number of amides is 1. The maximum atomic E-state index is 12.4. The minimum atomic E-state index is -0.494. The molecule has 0 bridgehead atoms. The van der Waals surface area contributed by atoms with Gasteiger partial charge in [-0.15, -0.1) is 11.8 Å². The van der Waals surface area contributed by atoms with Crippen LogP contribution in [0.2, 0.25) is 0 Å². The van der Waals surface area contributed by atoms with Crippen molar-refractivity contribution in [1.82, 2.24) is 10.3 Å². The highest BCUT2D eigenvalue weighted by atomic mass is 32.2. The Labute approximate surface area is 132 Å². The van der Waals surface area contributed by atoms with E-state index in [0.717, 1.165) is 10.6 Å². The highest BCUT2D eigenvalue weighted by Gasteiger charge is 2.17. The second kappa shape index (κ2) is 7.13. The van der Waals surface area contributed by atoms with Gasteiger partial charge in [-0.3, -0.25) is 14.9 Å². The number of benzene rings is 1. The van der Waals surface area contributed by atoms with Gasteiger partial charge in [0.15, 0.2) is 0 Å². The smallest absolute Gasteiger partial charge is 0.270 e. The molecule has 0 spiro atoms. The Bertz CT molecular complexity index is 669. The Hall–Kier alpha value is -2.28. The highest BCUT2D eigenvalue weighted by Crippen LogP contribution is 2.29. The number of nitro groups is 1. The lowest BCUT2D eigenvalue weighted by Crippen LogP contribution is -2.23. The van der Waals surface area contributed by atoms with E-state index in [-0.39, 0.29) is 16.8 Å². The van der Waals surface area contributed by atoms with E-state index in [1.807, 2.05) is 26.0 Å². The third-order valence-electron chi connectivity index (χ3n) is 2.88. The SMILES string of the molecule is CC(C)Sc1ccc([N+](=O)[O-])cc1C(=O)NCc1ccc[nH]1. The van der Waals surface area contributed by atoms with Crippen LogP contribution in [0.5, 0.6) is 0 Å². The second-order valence-electron chi connectivity index (χ2n) is 4.98. The Morgan fingerprint density at radius 2 is 2.18 bits per heavy atom. The van der Waals surface area contributed by atoms with Gasteiger partial charge in [-0.2, -0.15) is 0 Å². The molecule has 6 nitrogen and oxygen atoms in total. The Kier molecular flexibility index (Phi) is 5.21. The molecule has 2 aromatic rings. The molecule has 1 heterocycles. The van der Waals surface area contributed by atoms with Gasteiger partial charge in [-0.25, -0.2) is 0 Å². The third-order valence-corrected chi connectivity index (χ3v) is 3.96. The monoisotopic (exact) mass is 319 g/mol. The average molecular weight is 319 g/mol. The van der Waals surface area contributed by atoms with Crippen LogP contribution in [0.1, 0.15) is 29.9 Å². The molecule has 1 aromatic carbocycles. The first kappa shape index (κ1) is 16.1. The van der Waals surface area contributed by atoms with Crippen LogP contribution in [0, 0.1) is 10.1 Å². The van der Waals surface area contributed by atoms with E-state index in [0.29, 0.717) is 12.1 Å². The van der Waals surface area contributed by atoms with Gasteiger partial charge in [0.1, 0.15) is 0 Å². The lowest BCUT2D eigenvalue weighted by molar-refractivity contribution is -0.384. The summed E-state index contributed by atoms with van der Waals surface area (Å²) in [6.45, 7) is 4.36. The van der Waals surface area contributed by atoms with E-state index in [9.17, 15) is 14.9 Å². The topological polar surface area (TPSA) is 88.0 Å². The molecular weight excluding hydrogens is 302 g/mol. The van der Waals surface area contributed by atoms with Crippen LogP contribution in [0.15, 0.2) is 41.4 Å². The predicted molar refractivity (Wildman–Crippen MR) is 86.1 cm³/mol. The van der Waals surface area contributed by atoms with Crippen molar-refractivity contribution in [3.63, 3.8) is 0 Å². The lowest BCUT2D eigenvalue weighted by atomic mass is 10.2. The largest absolute Gasteiger partial charge is 0.364 e. The minimum absolute atomic E-state index is 0.0851. The number of thioether (sulfide) groups is 1. The van der Waals surface area contributed by atoms with Crippen LogP contribution in [0.3, 0.4) is 0 Å². The van der Waals surface area contributed by atoms with Gasteiger partial charge >= 0.3 is 0 Å². The van der Waals surface area contributed by atoms with E-state index >= 15 is 0 Å². The molecule has 0 aliphatic carbocycles. The van der Waals surface area contributed by atoms with Crippen LogP contribution >= 0.6 is 11.8 Å². The maximum Gasteiger partial charge on any atom is 0.270 e. The zero-order valence-corrected chi connectivity index (χ0v) is 13.1. The molecule has 2 rings (SSSR count). The predicted octanol–water partition coefficient (Wildman–Crippen LogP) is 3.35. The number of nitrogens with one attached hydrogen (secondary N) is 2. The number of non-ortho nitro benzene ring substituents is 1. The summed E-state index contributed by atoms with van der Waals surface area (Å²) in [6.07, 6.45) is 1.77. The molecular formula is C15H17N3O3S. The number of aromatic amines is 1. The molecule has 116 valence electrons. The molecule has 1 aromatic heterocycles. The molecule has 1 amide bonds. The zero-order valence-electron chi connectivity index (χ0n) is 12.3. The fourth-order valence-corrected chi connectivity index (χ4v) is 2.85. The second-order valence-corrected chi connectivity index (χ2v) is 6.60. The van der Waals surface area contributed by atoms with Crippen molar-refractivity contribution >= 4 is 23.4 Å². The molecule has 0 fully saturated rings. The molecule has 0 unspecified atom stereocenters. The summed E-state index contributed by atoms with van der Waals surface area (Å²) >= 11 is 1.51. The van der Waals surface area contributed by atoms with Gasteiger partial charge in [-0.1, -0.05) is 13.8 Å². The minimum Gasteiger partial charge on any atom is -0.364 e. The molecule has 0 aliphatic heterocycles. The van der Waals surface area contributed by atoms with Crippen molar-refractivity contribution in [2.45, 2.75) is 30.5 Å². The van der Waals surface area contributed by atoms with E-state index in [1.165, 1.54) is 23.9 Å². The van der Waals surface area contributed by atoms with Crippen LogP contribution in [0.4, 0.5) is 5.69 Å². The summed E-state index contributed by atoms with van der Waals surface area (Å²) in [5, 5.41) is 14.0. The lowest BCUT2D eigenvalue weighted by Gasteiger charge is -2.11. The van der Waals surface area contributed by atoms with E-state index in [4.69, 9.17) is 0 Å². The van der Waals surface area contributed by atoms with Gasteiger partial charge in [-0.05, 0) is 18.2 Å². The Balaban J connectivity index is 2.22. The van der Waals surface area contributed by atoms with E-state index < -0.39 is 4.92 Å². The van der Waals surface area contributed by atoms with Crippen LogP contribution < -0.4 is 5.32 Å². The summed E-state index contributed by atoms with van der Waals surface area (Å²) in [5.74, 6) is -0.318. The standard InChI is InChI=1S/C15H17N3O3S/c1-10(2)22-14-6-5-12(18(20)21)8-13(14)15(19)17-9-11-4-3-7-16-11/h3-8,10,16H,9H2,1-2H3,(H,17,19). The van der Waals surface area contributed by atoms with E-state index in [2.05, 4.69) is 10.3 Å². The number of nitrogens with zero attached hydrogens (tertiary/aromatic N) is 1. The number of hydrogen-bond acceptors (Lipinski definition) is 4. The number of H-pyrrole nitrogens is 1. The zero-order chi connectivity index (χ0) is 16.1. The Morgan fingerprint density at radius 3 is 2.77 bits per heavy atom. The summed E-state index contributed by atoms with van der Waals surface area (Å²) in [4.78, 5) is 26.5. The summed E-state index contributed by atoms with van der Waals surface area (Å²) in [6, 6.07) is 8.08. The van der Waals surface area contributed by atoms with Gasteiger partial charge < -0.3 is 10.3 Å². The quantitative estimate of drug-likeness (QED) is 0.485. The fraction of sp³-hybridized carbons (Fsp3) is 0.267. The number of aromatic nitrogens is 1. The van der Waals surface area contributed by atoms with Gasteiger partial charge in [0.05, 0.1) is 17.0 Å². The van der Waals surface area contributed by atoms with Crippen LogP contribution in [-0.2, 0) is 6.54 Å². The van der Waals surface area contributed by atoms with Crippen molar-refractivity contribution in [3.8, 4) is 0 Å². The third kappa shape index (κ3) is 4.11. The Morgan fingerprint density at radius 1 is 1.41 bits per heavy atom. The summed E-state index contributed by atoms with van der Waals surface area (Å²) in [7, 11) is 0. The first-order valence-electron chi connectivity index (χ1n) is 6.83. The first-order valence-corrected chi connectivity index (χ1v) is 7.71. The van der Waals surface area contributed by atoms with Gasteiger partial charge in [0, 0.05) is 34.2 Å². The molecule has 0 saturated heterocycles. The summed E-state index contributed by atoms with van der Waals surface area (Å²) < 4.78 is 0. The van der Waals surface area contributed by atoms with Crippen molar-refractivity contribution < 1.29 is 9.72 Å². The number of carbonyl (C=O) groups is 1. The summed E-state index contributed by atoms with van der Waals surface area (Å²) in [5.41, 5.74) is 1.12. The average Bonchev–Trinajstić information content (AvgIpc) is 2.97. The molecule has 0 saturated carbocycles. The fourth-order valence-electron chi connectivity index (χ4n) is 1.91. The highest BCUT2D eigenvalue weighted by molar-refractivity contribution is 8.00. The number of rotatable bonds is 6. The van der Waals surface area contributed by atoms with Crippen molar-refractivity contribution in [3.05, 3.63) is 57.9 Å². The van der Waals surface area contributed by atoms with E-state index in [1.54, 1.807) is 12.3 Å². The molecule has 7 heteroatoms. The van der Waals surface area contributed by atoms with Crippen molar-refractivity contribution in [2.24, 2.45) is 0 Å². The van der Waals surface area contributed by atoms with Crippen LogP contribution in [-0.4, -0.2) is 21.1 Å². The van der Waals surface area contributed by atoms with Gasteiger partial charge in [0.2, 0.25) is 0 Å².